The van der Waals surface area contributed by atoms with Crippen molar-refractivity contribution in [1.82, 2.24) is 15.3 Å². The SMILES string of the molecule is CNCc1nc2scc(-c3ccccc3)c2c(=O)[nH]1. The van der Waals surface area contributed by atoms with Crippen LogP contribution in [0.1, 0.15) is 5.82 Å². The highest BCUT2D eigenvalue weighted by Crippen LogP contribution is 2.30. The van der Waals surface area contributed by atoms with E-state index in [0.29, 0.717) is 17.8 Å². The van der Waals surface area contributed by atoms with Gasteiger partial charge < -0.3 is 10.3 Å². The summed E-state index contributed by atoms with van der Waals surface area (Å²) in [5, 5.41) is 5.65. The van der Waals surface area contributed by atoms with Crippen LogP contribution in [0.3, 0.4) is 0 Å². The monoisotopic (exact) mass is 271 g/mol. The molecule has 4 nitrogen and oxygen atoms in total. The summed E-state index contributed by atoms with van der Waals surface area (Å²) >= 11 is 1.50. The third kappa shape index (κ3) is 2.18. The quantitative estimate of drug-likeness (QED) is 0.769. The maximum Gasteiger partial charge on any atom is 0.260 e. The van der Waals surface area contributed by atoms with Crippen molar-refractivity contribution in [3.63, 3.8) is 0 Å². The van der Waals surface area contributed by atoms with Crippen molar-refractivity contribution in [2.75, 3.05) is 7.05 Å². The molecule has 0 spiro atoms. The van der Waals surface area contributed by atoms with Crippen LogP contribution in [-0.4, -0.2) is 17.0 Å². The number of nitrogens with one attached hydrogen (secondary N) is 2. The van der Waals surface area contributed by atoms with Crippen molar-refractivity contribution in [3.8, 4) is 11.1 Å². The van der Waals surface area contributed by atoms with Gasteiger partial charge in [-0.3, -0.25) is 4.79 Å². The van der Waals surface area contributed by atoms with E-state index >= 15 is 0 Å². The number of H-pyrrole nitrogens is 1. The van der Waals surface area contributed by atoms with Gasteiger partial charge in [-0.1, -0.05) is 30.3 Å². The molecule has 2 N–H and O–H groups in total. The van der Waals surface area contributed by atoms with Gasteiger partial charge in [-0.25, -0.2) is 4.98 Å². The molecule has 0 bridgehead atoms. The number of benzene rings is 1. The van der Waals surface area contributed by atoms with Crippen LogP contribution in [0.15, 0.2) is 40.5 Å². The Morgan fingerprint density at radius 3 is 2.84 bits per heavy atom. The minimum Gasteiger partial charge on any atom is -0.313 e. The lowest BCUT2D eigenvalue weighted by Gasteiger charge is -2.01. The topological polar surface area (TPSA) is 57.8 Å². The lowest BCUT2D eigenvalue weighted by molar-refractivity contribution is 0.761. The van der Waals surface area contributed by atoms with Crippen molar-refractivity contribution in [2.24, 2.45) is 0 Å². The molecule has 0 saturated carbocycles. The molecule has 3 aromatic rings. The van der Waals surface area contributed by atoms with E-state index in [1.54, 1.807) is 0 Å². The minimum absolute atomic E-state index is 0.0737. The molecule has 19 heavy (non-hydrogen) atoms. The standard InChI is InChI=1S/C14H13N3OS/c1-15-7-11-16-13(18)12-10(8-19-14(12)17-11)9-5-3-2-4-6-9/h2-6,8,15H,7H2,1H3,(H,16,17,18). The maximum absolute atomic E-state index is 12.2. The molecule has 0 unspecified atom stereocenters. The van der Waals surface area contributed by atoms with Gasteiger partial charge in [0.2, 0.25) is 0 Å². The molecule has 2 aromatic heterocycles. The molecule has 96 valence electrons. The Kier molecular flexibility index (Phi) is 3.15. The summed E-state index contributed by atoms with van der Waals surface area (Å²) in [6.07, 6.45) is 0. The molecule has 0 atom stereocenters. The fraction of sp³-hybridized carbons (Fsp3) is 0.143. The van der Waals surface area contributed by atoms with Crippen molar-refractivity contribution < 1.29 is 0 Å². The predicted octanol–water partition coefficient (Wildman–Crippen LogP) is 2.37. The summed E-state index contributed by atoms with van der Waals surface area (Å²) in [5.74, 6) is 0.668. The molecular formula is C14H13N3OS. The first-order valence-corrected chi connectivity index (χ1v) is 6.88. The average Bonchev–Trinajstić information content (AvgIpc) is 2.84. The molecule has 1 aromatic carbocycles. The summed E-state index contributed by atoms with van der Waals surface area (Å²) in [6, 6.07) is 9.90. The zero-order valence-electron chi connectivity index (χ0n) is 10.4. The normalized spacial score (nSPS) is 11.0. The number of thiophene rings is 1. The van der Waals surface area contributed by atoms with Gasteiger partial charge in [0, 0.05) is 10.9 Å². The third-order valence-electron chi connectivity index (χ3n) is 2.92. The first-order valence-electron chi connectivity index (χ1n) is 6.00. The molecule has 0 amide bonds. The molecule has 2 heterocycles. The van der Waals surface area contributed by atoms with E-state index in [0.717, 1.165) is 16.0 Å². The molecule has 0 saturated heterocycles. The molecule has 3 rings (SSSR count). The smallest absolute Gasteiger partial charge is 0.260 e. The van der Waals surface area contributed by atoms with Crippen molar-refractivity contribution in [3.05, 3.63) is 51.9 Å². The van der Waals surface area contributed by atoms with Gasteiger partial charge in [-0.05, 0) is 12.6 Å². The Balaban J connectivity index is 2.22. The fourth-order valence-electron chi connectivity index (χ4n) is 2.07. The van der Waals surface area contributed by atoms with E-state index in [-0.39, 0.29) is 5.56 Å². The second kappa shape index (κ2) is 4.95. The number of hydrogen-bond donors (Lipinski definition) is 2. The third-order valence-corrected chi connectivity index (χ3v) is 3.79. The van der Waals surface area contributed by atoms with Gasteiger partial charge in [-0.2, -0.15) is 0 Å². The van der Waals surface area contributed by atoms with Crippen molar-refractivity contribution in [2.45, 2.75) is 6.54 Å². The van der Waals surface area contributed by atoms with Crippen LogP contribution >= 0.6 is 11.3 Å². The number of hydrogen-bond acceptors (Lipinski definition) is 4. The summed E-state index contributed by atoms with van der Waals surface area (Å²) in [5.41, 5.74) is 1.92. The van der Waals surface area contributed by atoms with Crippen LogP contribution in [0.25, 0.3) is 21.3 Å². The maximum atomic E-state index is 12.2. The second-order valence-electron chi connectivity index (χ2n) is 4.24. The van der Waals surface area contributed by atoms with Crippen LogP contribution in [0.2, 0.25) is 0 Å². The van der Waals surface area contributed by atoms with Crippen LogP contribution in [0, 0.1) is 0 Å². The lowest BCUT2D eigenvalue weighted by Crippen LogP contribution is -2.16. The van der Waals surface area contributed by atoms with Gasteiger partial charge in [-0.15, -0.1) is 11.3 Å². The molecule has 0 radical (unpaired) electrons. The molecule has 0 aliphatic heterocycles. The van der Waals surface area contributed by atoms with Gasteiger partial charge in [0.25, 0.3) is 5.56 Å². The number of aromatic nitrogens is 2. The number of fused-ring (bicyclic) bond motifs is 1. The minimum atomic E-state index is -0.0737. The van der Waals surface area contributed by atoms with E-state index in [9.17, 15) is 4.79 Å². The second-order valence-corrected chi connectivity index (χ2v) is 5.10. The van der Waals surface area contributed by atoms with Gasteiger partial charge in [0.1, 0.15) is 10.7 Å². The summed E-state index contributed by atoms with van der Waals surface area (Å²) in [4.78, 5) is 20.3. The van der Waals surface area contributed by atoms with E-state index in [4.69, 9.17) is 0 Å². The fourth-order valence-corrected chi connectivity index (χ4v) is 3.04. The Labute approximate surface area is 114 Å². The van der Waals surface area contributed by atoms with Gasteiger partial charge >= 0.3 is 0 Å². The summed E-state index contributed by atoms with van der Waals surface area (Å²) in [7, 11) is 1.83. The van der Waals surface area contributed by atoms with E-state index < -0.39 is 0 Å². The van der Waals surface area contributed by atoms with Crippen LogP contribution in [0.4, 0.5) is 0 Å². The molecular weight excluding hydrogens is 258 g/mol. The zero-order valence-corrected chi connectivity index (χ0v) is 11.3. The highest BCUT2D eigenvalue weighted by atomic mass is 32.1. The Morgan fingerprint density at radius 1 is 1.32 bits per heavy atom. The highest BCUT2D eigenvalue weighted by molar-refractivity contribution is 7.17. The van der Waals surface area contributed by atoms with Crippen molar-refractivity contribution >= 4 is 21.6 Å². The summed E-state index contributed by atoms with van der Waals surface area (Å²) in [6.45, 7) is 0.559. The van der Waals surface area contributed by atoms with Crippen LogP contribution in [-0.2, 0) is 6.54 Å². The van der Waals surface area contributed by atoms with E-state index in [2.05, 4.69) is 15.3 Å². The number of aromatic amines is 1. The number of nitrogens with zero attached hydrogens (tertiary/aromatic N) is 1. The average molecular weight is 271 g/mol. The Bertz CT molecular complexity index is 761. The molecule has 0 aliphatic carbocycles. The Morgan fingerprint density at radius 2 is 2.11 bits per heavy atom. The molecule has 0 fully saturated rings. The van der Waals surface area contributed by atoms with E-state index in [1.807, 2.05) is 42.8 Å². The summed E-state index contributed by atoms with van der Waals surface area (Å²) < 4.78 is 0. The van der Waals surface area contributed by atoms with E-state index in [1.165, 1.54) is 11.3 Å². The highest BCUT2D eigenvalue weighted by Gasteiger charge is 2.12. The zero-order chi connectivity index (χ0) is 13.2. The Hall–Kier alpha value is -1.98. The number of rotatable bonds is 3. The molecule has 5 heteroatoms. The first kappa shape index (κ1) is 12.1. The largest absolute Gasteiger partial charge is 0.313 e. The lowest BCUT2D eigenvalue weighted by atomic mass is 10.1. The van der Waals surface area contributed by atoms with Gasteiger partial charge in [0.15, 0.2) is 0 Å². The first-order chi connectivity index (χ1) is 9.29. The molecule has 0 aliphatic rings. The van der Waals surface area contributed by atoms with Crippen molar-refractivity contribution in [1.29, 1.82) is 0 Å². The predicted molar refractivity (Wildman–Crippen MR) is 78.4 cm³/mol. The van der Waals surface area contributed by atoms with Crippen LogP contribution in [0.5, 0.6) is 0 Å². The van der Waals surface area contributed by atoms with Crippen LogP contribution < -0.4 is 10.9 Å². The van der Waals surface area contributed by atoms with Gasteiger partial charge in [0.05, 0.1) is 11.9 Å².